The van der Waals surface area contributed by atoms with Crippen molar-refractivity contribution < 1.29 is 27.1 Å². The molecule has 1 aromatic heterocycles. The predicted molar refractivity (Wildman–Crippen MR) is 130 cm³/mol. The quantitative estimate of drug-likeness (QED) is 0.424. The molecule has 3 amide bonds. The van der Waals surface area contributed by atoms with Gasteiger partial charge in [0.05, 0.1) is 28.0 Å². The van der Waals surface area contributed by atoms with E-state index in [1.807, 2.05) is 11.0 Å². The second-order valence-corrected chi connectivity index (χ2v) is 9.78. The van der Waals surface area contributed by atoms with E-state index in [1.54, 1.807) is 19.2 Å². The van der Waals surface area contributed by atoms with E-state index >= 15 is 0 Å². The maximum absolute atomic E-state index is 14.1. The lowest BCUT2D eigenvalue weighted by molar-refractivity contribution is 0.0936. The highest BCUT2D eigenvalue weighted by Gasteiger charge is 2.29. The van der Waals surface area contributed by atoms with Crippen LogP contribution in [0.25, 0.3) is 0 Å². The van der Waals surface area contributed by atoms with Gasteiger partial charge < -0.3 is 10.1 Å². The Bertz CT molecular complexity index is 1380. The Labute approximate surface area is 204 Å². The fraction of sp³-hybridized carbons (Fsp3) is 0.136. The maximum Gasteiger partial charge on any atom is 0.334 e. The Morgan fingerprint density at radius 1 is 1.17 bits per heavy atom. The van der Waals surface area contributed by atoms with Crippen LogP contribution in [-0.2, 0) is 10.0 Å². The van der Waals surface area contributed by atoms with Gasteiger partial charge in [-0.05, 0) is 48.7 Å². The molecule has 13 heteroatoms. The molecule has 182 valence electrons. The topological polar surface area (TPSA) is 130 Å². The summed E-state index contributed by atoms with van der Waals surface area (Å²) in [6, 6.07) is 10.5. The molecule has 0 saturated heterocycles. The lowest BCUT2D eigenvalue weighted by Gasteiger charge is -2.29. The van der Waals surface area contributed by atoms with Crippen LogP contribution < -0.4 is 25.0 Å². The molecule has 0 saturated carbocycles. The minimum absolute atomic E-state index is 0.0506. The summed E-state index contributed by atoms with van der Waals surface area (Å²) in [7, 11) is -2.52. The average Bonchev–Trinajstić information content (AvgIpc) is 2.84. The summed E-state index contributed by atoms with van der Waals surface area (Å²) in [6.45, 7) is -0.122. The van der Waals surface area contributed by atoms with Gasteiger partial charge in [0, 0.05) is 18.0 Å². The average molecular weight is 518 g/mol. The number of aromatic nitrogens is 1. The molecule has 2 heterocycles. The van der Waals surface area contributed by atoms with E-state index in [2.05, 4.69) is 15.6 Å². The Morgan fingerprint density at radius 2 is 1.91 bits per heavy atom. The van der Waals surface area contributed by atoms with Crippen LogP contribution in [0.5, 0.6) is 5.75 Å². The summed E-state index contributed by atoms with van der Waals surface area (Å²) >= 11 is 1.46. The van der Waals surface area contributed by atoms with Crippen LogP contribution in [0.2, 0.25) is 0 Å². The van der Waals surface area contributed by atoms with E-state index in [0.717, 1.165) is 11.0 Å². The van der Waals surface area contributed by atoms with Crippen molar-refractivity contribution in [3.8, 4) is 5.75 Å². The number of sulfonamides is 1. The van der Waals surface area contributed by atoms with Crippen molar-refractivity contribution in [2.75, 3.05) is 35.6 Å². The summed E-state index contributed by atoms with van der Waals surface area (Å²) < 4.78 is 46.4. The van der Waals surface area contributed by atoms with Gasteiger partial charge in [-0.1, -0.05) is 0 Å². The monoisotopic (exact) mass is 517 g/mol. The molecule has 0 radical (unpaired) electrons. The number of rotatable bonds is 6. The largest absolute Gasteiger partial charge is 0.472 e. The van der Waals surface area contributed by atoms with E-state index < -0.39 is 27.8 Å². The number of ether oxygens (including phenoxy) is 1. The fourth-order valence-electron chi connectivity index (χ4n) is 3.26. The van der Waals surface area contributed by atoms with Crippen molar-refractivity contribution in [1.82, 2.24) is 9.71 Å². The minimum Gasteiger partial charge on any atom is -0.472 e. The van der Waals surface area contributed by atoms with Crippen molar-refractivity contribution in [2.24, 2.45) is 0 Å². The van der Waals surface area contributed by atoms with Crippen LogP contribution in [0.3, 0.4) is 0 Å². The molecular weight excluding hydrogens is 497 g/mol. The number of anilines is 3. The Balaban J connectivity index is 1.43. The standard InChI is InChI=1S/C22H20FN5O5S2/c1-24-18-10-19-16(9-17(18)23)21(29)28(12-33-19)13-3-8-20(25-11-13)26-22(30)27-35(31,32)15-6-4-14(34-2)5-7-15/h3-11,24H,12H2,1-2H3,(H2,25,26,27,30). The lowest BCUT2D eigenvalue weighted by Crippen LogP contribution is -2.39. The number of carbonyl (C=O) groups excluding carboxylic acids is 2. The molecule has 0 aliphatic carbocycles. The van der Waals surface area contributed by atoms with Crippen LogP contribution in [0.15, 0.2) is 64.5 Å². The Hall–Kier alpha value is -3.84. The van der Waals surface area contributed by atoms with Gasteiger partial charge in [-0.3, -0.25) is 15.0 Å². The number of fused-ring (bicyclic) bond motifs is 1. The van der Waals surface area contributed by atoms with Crippen LogP contribution >= 0.6 is 11.8 Å². The molecular formula is C22H20FN5O5S2. The zero-order chi connectivity index (χ0) is 25.2. The van der Waals surface area contributed by atoms with Gasteiger partial charge in [-0.2, -0.15) is 0 Å². The number of carbonyl (C=O) groups is 2. The second-order valence-electron chi connectivity index (χ2n) is 7.22. The summed E-state index contributed by atoms with van der Waals surface area (Å²) in [5, 5.41) is 5.02. The first-order valence-electron chi connectivity index (χ1n) is 10.1. The first-order valence-corrected chi connectivity index (χ1v) is 12.8. The number of nitrogens with zero attached hydrogens (tertiary/aromatic N) is 2. The summed E-state index contributed by atoms with van der Waals surface area (Å²) in [4.78, 5) is 31.2. The highest BCUT2D eigenvalue weighted by Crippen LogP contribution is 2.32. The van der Waals surface area contributed by atoms with Gasteiger partial charge in [0.25, 0.3) is 15.9 Å². The lowest BCUT2D eigenvalue weighted by atomic mass is 10.1. The molecule has 10 nitrogen and oxygen atoms in total. The summed E-state index contributed by atoms with van der Waals surface area (Å²) in [5.74, 6) is -0.769. The number of amides is 3. The van der Waals surface area contributed by atoms with E-state index in [1.165, 1.54) is 53.2 Å². The molecule has 0 atom stereocenters. The van der Waals surface area contributed by atoms with Crippen molar-refractivity contribution in [3.05, 3.63) is 66.1 Å². The van der Waals surface area contributed by atoms with E-state index in [-0.39, 0.29) is 34.4 Å². The van der Waals surface area contributed by atoms with Crippen LogP contribution in [0.4, 0.5) is 26.4 Å². The number of halogens is 1. The van der Waals surface area contributed by atoms with E-state index in [0.29, 0.717) is 5.69 Å². The fourth-order valence-corrected chi connectivity index (χ4v) is 4.57. The molecule has 1 aliphatic rings. The highest BCUT2D eigenvalue weighted by molar-refractivity contribution is 7.98. The Morgan fingerprint density at radius 3 is 2.54 bits per heavy atom. The predicted octanol–water partition coefficient (Wildman–Crippen LogP) is 3.49. The number of hydrogen-bond acceptors (Lipinski definition) is 8. The third kappa shape index (κ3) is 5.15. The molecule has 3 aromatic rings. The third-order valence-corrected chi connectivity index (χ3v) is 7.15. The highest BCUT2D eigenvalue weighted by atomic mass is 32.2. The van der Waals surface area contributed by atoms with Crippen LogP contribution in [-0.4, -0.2) is 45.4 Å². The molecule has 0 bridgehead atoms. The maximum atomic E-state index is 14.1. The smallest absolute Gasteiger partial charge is 0.334 e. The summed E-state index contributed by atoms with van der Waals surface area (Å²) in [5.41, 5.74) is 0.607. The van der Waals surface area contributed by atoms with Crippen LogP contribution in [0.1, 0.15) is 10.4 Å². The number of benzene rings is 2. The molecule has 0 fully saturated rings. The van der Waals surface area contributed by atoms with Gasteiger partial charge in [0.2, 0.25) is 0 Å². The molecule has 0 spiro atoms. The zero-order valence-electron chi connectivity index (χ0n) is 18.5. The van der Waals surface area contributed by atoms with E-state index in [9.17, 15) is 22.4 Å². The van der Waals surface area contributed by atoms with Gasteiger partial charge in [0.1, 0.15) is 17.4 Å². The molecule has 0 unspecified atom stereocenters. The molecule has 3 N–H and O–H groups in total. The summed E-state index contributed by atoms with van der Waals surface area (Å²) in [6.07, 6.45) is 3.16. The molecule has 4 rings (SSSR count). The van der Waals surface area contributed by atoms with Crippen molar-refractivity contribution >= 4 is 50.9 Å². The second kappa shape index (κ2) is 9.80. The van der Waals surface area contributed by atoms with Crippen molar-refractivity contribution in [1.29, 1.82) is 0 Å². The molecule has 2 aromatic carbocycles. The normalized spacial score (nSPS) is 13.0. The number of pyridine rings is 1. The van der Waals surface area contributed by atoms with Crippen molar-refractivity contribution in [2.45, 2.75) is 9.79 Å². The molecule has 1 aliphatic heterocycles. The van der Waals surface area contributed by atoms with Gasteiger partial charge in [-0.15, -0.1) is 11.8 Å². The first-order chi connectivity index (χ1) is 16.7. The van der Waals surface area contributed by atoms with Gasteiger partial charge in [0.15, 0.2) is 6.73 Å². The number of thioether (sulfide) groups is 1. The van der Waals surface area contributed by atoms with E-state index in [4.69, 9.17) is 4.74 Å². The minimum atomic E-state index is -4.08. The number of urea groups is 1. The number of hydrogen-bond donors (Lipinski definition) is 3. The van der Waals surface area contributed by atoms with Gasteiger partial charge in [-0.25, -0.2) is 27.3 Å². The van der Waals surface area contributed by atoms with Crippen molar-refractivity contribution in [3.63, 3.8) is 0 Å². The van der Waals surface area contributed by atoms with Crippen LogP contribution in [0, 0.1) is 5.82 Å². The third-order valence-electron chi connectivity index (χ3n) is 5.06. The Kier molecular flexibility index (Phi) is 6.80. The molecule has 35 heavy (non-hydrogen) atoms. The first kappa shape index (κ1) is 24.3. The van der Waals surface area contributed by atoms with Gasteiger partial charge >= 0.3 is 6.03 Å². The SMILES string of the molecule is CNc1cc2c(cc1F)C(=O)N(c1ccc(NC(=O)NS(=O)(=O)c3ccc(SC)cc3)nc1)CO2. The number of nitrogens with one attached hydrogen (secondary N) is 3. The zero-order valence-corrected chi connectivity index (χ0v) is 20.2.